The third-order valence-corrected chi connectivity index (χ3v) is 5.25. The Balaban J connectivity index is 3.19. The van der Waals surface area contributed by atoms with E-state index in [0.29, 0.717) is 16.6 Å². The molecule has 0 aliphatic rings. The molecule has 1 aromatic carbocycles. The molecule has 0 aromatic heterocycles. The van der Waals surface area contributed by atoms with Crippen molar-refractivity contribution in [2.75, 3.05) is 12.8 Å². The summed E-state index contributed by atoms with van der Waals surface area (Å²) in [7, 11) is -3.17. The summed E-state index contributed by atoms with van der Waals surface area (Å²) in [4.78, 5) is 0. The van der Waals surface area contributed by atoms with E-state index in [-0.39, 0.29) is 6.04 Å². The second-order valence-electron chi connectivity index (χ2n) is 4.63. The van der Waals surface area contributed by atoms with Gasteiger partial charge in [-0.25, -0.2) is 8.42 Å². The van der Waals surface area contributed by atoms with E-state index in [2.05, 4.69) is 5.32 Å². The Kier molecular flexibility index (Phi) is 6.12. The Morgan fingerprint density at radius 1 is 1.32 bits per heavy atom. The summed E-state index contributed by atoms with van der Waals surface area (Å²) in [6, 6.07) is 4.74. The summed E-state index contributed by atoms with van der Waals surface area (Å²) in [6.45, 7) is 4.42. The van der Waals surface area contributed by atoms with Crippen LogP contribution < -0.4 is 5.32 Å². The lowest BCUT2D eigenvalue weighted by molar-refractivity contribution is 0.500. The molecular weight excluding hydrogens is 305 g/mol. The lowest BCUT2D eigenvalue weighted by Crippen LogP contribution is -2.35. The molecule has 0 heterocycles. The monoisotopic (exact) mass is 323 g/mol. The Morgan fingerprint density at radius 3 is 2.47 bits per heavy atom. The SMILES string of the molecule is CCCNC(c1cc(Cl)ccc1Cl)C(C)S(C)(=O)=O. The number of hydrogen-bond acceptors (Lipinski definition) is 3. The van der Waals surface area contributed by atoms with E-state index < -0.39 is 15.1 Å². The number of benzene rings is 1. The van der Waals surface area contributed by atoms with Crippen LogP contribution in [0.5, 0.6) is 0 Å². The van der Waals surface area contributed by atoms with Crippen LogP contribution in [0, 0.1) is 0 Å². The summed E-state index contributed by atoms with van der Waals surface area (Å²) < 4.78 is 23.6. The summed E-state index contributed by atoms with van der Waals surface area (Å²) >= 11 is 12.1. The molecule has 0 aliphatic heterocycles. The molecule has 0 aliphatic carbocycles. The average Bonchev–Trinajstić information content (AvgIpc) is 2.32. The van der Waals surface area contributed by atoms with Crippen molar-refractivity contribution in [1.29, 1.82) is 0 Å². The summed E-state index contributed by atoms with van der Waals surface area (Å²) in [6.07, 6.45) is 2.14. The molecule has 2 unspecified atom stereocenters. The summed E-state index contributed by atoms with van der Waals surface area (Å²) in [5.74, 6) is 0. The fraction of sp³-hybridized carbons (Fsp3) is 0.538. The van der Waals surface area contributed by atoms with Crippen LogP contribution >= 0.6 is 23.2 Å². The first-order chi connectivity index (χ1) is 8.77. The molecule has 0 amide bonds. The molecule has 0 saturated heterocycles. The van der Waals surface area contributed by atoms with Crippen LogP contribution in [-0.4, -0.2) is 26.5 Å². The highest BCUT2D eigenvalue weighted by Gasteiger charge is 2.28. The Morgan fingerprint density at radius 2 is 1.95 bits per heavy atom. The molecule has 1 rings (SSSR count). The largest absolute Gasteiger partial charge is 0.309 e. The van der Waals surface area contributed by atoms with E-state index in [1.807, 2.05) is 6.92 Å². The van der Waals surface area contributed by atoms with Gasteiger partial charge in [-0.15, -0.1) is 0 Å². The third kappa shape index (κ3) is 4.63. The van der Waals surface area contributed by atoms with Crippen molar-refractivity contribution < 1.29 is 8.42 Å². The van der Waals surface area contributed by atoms with E-state index in [9.17, 15) is 8.42 Å². The van der Waals surface area contributed by atoms with Gasteiger partial charge in [0.1, 0.15) is 0 Å². The predicted molar refractivity (Wildman–Crippen MR) is 81.8 cm³/mol. The topological polar surface area (TPSA) is 46.2 Å². The first-order valence-electron chi connectivity index (χ1n) is 6.14. The summed E-state index contributed by atoms with van der Waals surface area (Å²) in [5, 5.41) is 3.73. The van der Waals surface area contributed by atoms with Crippen LogP contribution in [0.15, 0.2) is 18.2 Å². The van der Waals surface area contributed by atoms with Crippen LogP contribution in [0.25, 0.3) is 0 Å². The molecular formula is C13H19Cl2NO2S. The molecule has 0 bridgehead atoms. The van der Waals surface area contributed by atoms with Crippen LogP contribution in [0.2, 0.25) is 10.0 Å². The minimum absolute atomic E-state index is 0.360. The smallest absolute Gasteiger partial charge is 0.151 e. The van der Waals surface area contributed by atoms with E-state index in [0.717, 1.165) is 12.0 Å². The van der Waals surface area contributed by atoms with Gasteiger partial charge in [0, 0.05) is 16.3 Å². The first-order valence-corrected chi connectivity index (χ1v) is 8.85. The van der Waals surface area contributed by atoms with Crippen LogP contribution in [-0.2, 0) is 9.84 Å². The molecule has 2 atom stereocenters. The fourth-order valence-corrected chi connectivity index (χ4v) is 2.98. The predicted octanol–water partition coefficient (Wildman–Crippen LogP) is 3.47. The van der Waals surface area contributed by atoms with Crippen LogP contribution in [0.4, 0.5) is 0 Å². The highest BCUT2D eigenvalue weighted by atomic mass is 35.5. The minimum Gasteiger partial charge on any atom is -0.309 e. The van der Waals surface area contributed by atoms with Crippen molar-refractivity contribution in [3.8, 4) is 0 Å². The lowest BCUT2D eigenvalue weighted by atomic mass is 10.0. The third-order valence-electron chi connectivity index (χ3n) is 3.05. The van der Waals surface area contributed by atoms with Crippen molar-refractivity contribution in [3.63, 3.8) is 0 Å². The number of hydrogen-bond donors (Lipinski definition) is 1. The van der Waals surface area contributed by atoms with Crippen molar-refractivity contribution >= 4 is 33.0 Å². The number of sulfone groups is 1. The maximum Gasteiger partial charge on any atom is 0.151 e. The quantitative estimate of drug-likeness (QED) is 0.871. The van der Waals surface area contributed by atoms with Gasteiger partial charge in [-0.05, 0) is 43.7 Å². The van der Waals surface area contributed by atoms with Crippen molar-refractivity contribution in [2.24, 2.45) is 0 Å². The van der Waals surface area contributed by atoms with Gasteiger partial charge in [-0.2, -0.15) is 0 Å². The van der Waals surface area contributed by atoms with Gasteiger partial charge < -0.3 is 5.32 Å². The molecule has 3 nitrogen and oxygen atoms in total. The van der Waals surface area contributed by atoms with Crippen LogP contribution in [0.3, 0.4) is 0 Å². The normalized spacial score (nSPS) is 15.2. The van der Waals surface area contributed by atoms with Crippen molar-refractivity contribution in [2.45, 2.75) is 31.6 Å². The highest BCUT2D eigenvalue weighted by Crippen LogP contribution is 2.30. The Bertz CT molecular complexity index is 531. The lowest BCUT2D eigenvalue weighted by Gasteiger charge is -2.25. The minimum atomic E-state index is -3.17. The molecule has 0 fully saturated rings. The van der Waals surface area contributed by atoms with E-state index in [4.69, 9.17) is 23.2 Å². The van der Waals surface area contributed by atoms with E-state index in [1.54, 1.807) is 25.1 Å². The summed E-state index contributed by atoms with van der Waals surface area (Å²) in [5.41, 5.74) is 0.723. The Labute approximate surface area is 125 Å². The van der Waals surface area contributed by atoms with Gasteiger partial charge in [-0.1, -0.05) is 30.1 Å². The Hall–Kier alpha value is -0.290. The van der Waals surface area contributed by atoms with Gasteiger partial charge in [0.25, 0.3) is 0 Å². The average molecular weight is 324 g/mol. The number of nitrogens with one attached hydrogen (secondary N) is 1. The van der Waals surface area contributed by atoms with Gasteiger partial charge >= 0.3 is 0 Å². The second-order valence-corrected chi connectivity index (χ2v) is 7.88. The zero-order valence-electron chi connectivity index (χ0n) is 11.3. The van der Waals surface area contributed by atoms with E-state index in [1.165, 1.54) is 6.26 Å². The molecule has 0 saturated carbocycles. The number of halogens is 2. The van der Waals surface area contributed by atoms with Crippen molar-refractivity contribution in [1.82, 2.24) is 5.32 Å². The standard InChI is InChI=1S/C13H19Cl2NO2S/c1-4-7-16-13(9(2)19(3,17)18)11-8-10(14)5-6-12(11)15/h5-6,8-9,13,16H,4,7H2,1-3H3. The molecule has 0 spiro atoms. The molecule has 1 aromatic rings. The molecule has 6 heteroatoms. The second kappa shape index (κ2) is 6.93. The van der Waals surface area contributed by atoms with Crippen molar-refractivity contribution in [3.05, 3.63) is 33.8 Å². The van der Waals surface area contributed by atoms with Gasteiger partial charge in [0.15, 0.2) is 9.84 Å². The first kappa shape index (κ1) is 16.8. The fourth-order valence-electron chi connectivity index (χ4n) is 1.83. The van der Waals surface area contributed by atoms with Gasteiger partial charge in [-0.3, -0.25) is 0 Å². The molecule has 19 heavy (non-hydrogen) atoms. The zero-order chi connectivity index (χ0) is 14.6. The van der Waals surface area contributed by atoms with Gasteiger partial charge in [0.05, 0.1) is 11.3 Å². The number of rotatable bonds is 6. The van der Waals surface area contributed by atoms with Crippen LogP contribution in [0.1, 0.15) is 31.9 Å². The van der Waals surface area contributed by atoms with E-state index >= 15 is 0 Å². The highest BCUT2D eigenvalue weighted by molar-refractivity contribution is 7.91. The molecule has 108 valence electrons. The van der Waals surface area contributed by atoms with Gasteiger partial charge in [0.2, 0.25) is 0 Å². The maximum atomic E-state index is 11.8. The maximum absolute atomic E-state index is 11.8. The molecule has 1 N–H and O–H groups in total. The zero-order valence-corrected chi connectivity index (χ0v) is 13.6. The molecule has 0 radical (unpaired) electrons.